The van der Waals surface area contributed by atoms with E-state index in [9.17, 15) is 10.2 Å². The SMILES string of the molecule is CC(C)(O)CSc1ccc(O)c2ccccc12. The summed E-state index contributed by atoms with van der Waals surface area (Å²) in [7, 11) is 0. The summed E-state index contributed by atoms with van der Waals surface area (Å²) in [6.07, 6.45) is 0. The lowest BCUT2D eigenvalue weighted by Gasteiger charge is -2.17. The Kier molecular flexibility index (Phi) is 3.31. The molecule has 0 radical (unpaired) electrons. The lowest BCUT2D eigenvalue weighted by molar-refractivity contribution is 0.107. The fourth-order valence-corrected chi connectivity index (χ4v) is 2.64. The van der Waals surface area contributed by atoms with Gasteiger partial charge in [0, 0.05) is 16.0 Å². The molecule has 0 unspecified atom stereocenters. The summed E-state index contributed by atoms with van der Waals surface area (Å²) in [4.78, 5) is 1.08. The Bertz CT molecular complexity index is 529. The zero-order valence-electron chi connectivity index (χ0n) is 9.97. The first kappa shape index (κ1) is 12.3. The largest absolute Gasteiger partial charge is 0.507 e. The van der Waals surface area contributed by atoms with Crippen molar-refractivity contribution >= 4 is 22.5 Å². The first-order valence-corrected chi connectivity index (χ1v) is 6.52. The molecular weight excluding hydrogens is 232 g/mol. The third-order valence-electron chi connectivity index (χ3n) is 2.44. The van der Waals surface area contributed by atoms with Crippen molar-refractivity contribution in [2.45, 2.75) is 24.3 Å². The number of aromatic hydroxyl groups is 1. The Morgan fingerprint density at radius 2 is 1.71 bits per heavy atom. The van der Waals surface area contributed by atoms with E-state index in [1.54, 1.807) is 31.7 Å². The van der Waals surface area contributed by atoms with Gasteiger partial charge in [0.05, 0.1) is 5.60 Å². The molecule has 17 heavy (non-hydrogen) atoms. The van der Waals surface area contributed by atoms with Crippen molar-refractivity contribution in [1.82, 2.24) is 0 Å². The summed E-state index contributed by atoms with van der Waals surface area (Å²) in [5.41, 5.74) is -0.691. The first-order valence-electron chi connectivity index (χ1n) is 5.53. The Labute approximate surface area is 105 Å². The average Bonchev–Trinajstić information content (AvgIpc) is 2.27. The lowest BCUT2D eigenvalue weighted by Crippen LogP contribution is -2.21. The minimum absolute atomic E-state index is 0.299. The molecule has 0 aliphatic heterocycles. The smallest absolute Gasteiger partial charge is 0.123 e. The number of rotatable bonds is 3. The number of hydrogen-bond donors (Lipinski definition) is 2. The standard InChI is InChI=1S/C14H16O2S/c1-14(2,16)9-17-13-8-7-12(15)10-5-3-4-6-11(10)13/h3-8,15-16H,9H2,1-2H3. The highest BCUT2D eigenvalue weighted by Gasteiger charge is 2.14. The quantitative estimate of drug-likeness (QED) is 0.818. The van der Waals surface area contributed by atoms with Crippen LogP contribution in [0.1, 0.15) is 13.8 Å². The molecule has 0 saturated carbocycles. The van der Waals surface area contributed by atoms with Gasteiger partial charge in [-0.15, -0.1) is 11.8 Å². The maximum atomic E-state index is 9.77. The molecule has 0 atom stereocenters. The van der Waals surface area contributed by atoms with Crippen LogP contribution in [0.25, 0.3) is 10.8 Å². The van der Waals surface area contributed by atoms with E-state index in [-0.39, 0.29) is 0 Å². The molecule has 0 fully saturated rings. The molecule has 2 N–H and O–H groups in total. The molecule has 0 aliphatic carbocycles. The molecule has 2 aromatic carbocycles. The van der Waals surface area contributed by atoms with Crippen LogP contribution in [-0.4, -0.2) is 21.6 Å². The van der Waals surface area contributed by atoms with Gasteiger partial charge in [0.1, 0.15) is 5.75 Å². The minimum atomic E-state index is -0.691. The summed E-state index contributed by atoms with van der Waals surface area (Å²) in [6, 6.07) is 11.4. The minimum Gasteiger partial charge on any atom is -0.507 e. The normalized spacial score (nSPS) is 11.9. The zero-order chi connectivity index (χ0) is 12.5. The monoisotopic (exact) mass is 248 g/mol. The average molecular weight is 248 g/mol. The number of benzene rings is 2. The van der Waals surface area contributed by atoms with Crippen LogP contribution in [0.15, 0.2) is 41.3 Å². The van der Waals surface area contributed by atoms with Gasteiger partial charge in [-0.1, -0.05) is 24.3 Å². The summed E-state index contributed by atoms with van der Waals surface area (Å²) in [5.74, 6) is 0.926. The molecule has 2 nitrogen and oxygen atoms in total. The lowest BCUT2D eigenvalue weighted by atomic mass is 10.1. The summed E-state index contributed by atoms with van der Waals surface area (Å²) in [5, 5.41) is 21.4. The topological polar surface area (TPSA) is 40.5 Å². The van der Waals surface area contributed by atoms with Crippen LogP contribution in [-0.2, 0) is 0 Å². The molecule has 0 bridgehead atoms. The fraction of sp³-hybridized carbons (Fsp3) is 0.286. The maximum Gasteiger partial charge on any atom is 0.123 e. The number of phenols is 1. The van der Waals surface area contributed by atoms with E-state index in [2.05, 4.69) is 0 Å². The van der Waals surface area contributed by atoms with Crippen molar-refractivity contribution in [2.75, 3.05) is 5.75 Å². The molecular formula is C14H16O2S. The predicted octanol–water partition coefficient (Wildman–Crippen LogP) is 3.41. The van der Waals surface area contributed by atoms with Crippen LogP contribution < -0.4 is 0 Å². The number of phenolic OH excluding ortho intramolecular Hbond substituents is 1. The molecule has 0 aromatic heterocycles. The summed E-state index contributed by atoms with van der Waals surface area (Å²) in [6.45, 7) is 3.59. The second kappa shape index (κ2) is 4.59. The van der Waals surface area contributed by atoms with Crippen LogP contribution in [0, 0.1) is 0 Å². The fourth-order valence-electron chi connectivity index (χ4n) is 1.64. The van der Waals surface area contributed by atoms with Gasteiger partial charge in [-0.25, -0.2) is 0 Å². The molecule has 0 heterocycles. The van der Waals surface area contributed by atoms with Gasteiger partial charge in [0.15, 0.2) is 0 Å². The van der Waals surface area contributed by atoms with Crippen LogP contribution in [0.5, 0.6) is 5.75 Å². The Morgan fingerprint density at radius 1 is 1.06 bits per heavy atom. The highest BCUT2D eigenvalue weighted by Crippen LogP contribution is 2.34. The van der Waals surface area contributed by atoms with Crippen molar-refractivity contribution in [3.05, 3.63) is 36.4 Å². The highest BCUT2D eigenvalue weighted by atomic mass is 32.2. The molecule has 0 spiro atoms. The molecule has 90 valence electrons. The molecule has 2 aromatic rings. The molecule has 0 saturated heterocycles. The van der Waals surface area contributed by atoms with Crippen LogP contribution in [0.3, 0.4) is 0 Å². The number of hydrogen-bond acceptors (Lipinski definition) is 3. The van der Waals surface area contributed by atoms with E-state index in [1.165, 1.54) is 0 Å². The second-order valence-corrected chi connectivity index (χ2v) is 5.75. The predicted molar refractivity (Wildman–Crippen MR) is 72.6 cm³/mol. The molecule has 0 aliphatic rings. The number of aliphatic hydroxyl groups is 1. The Morgan fingerprint density at radius 3 is 2.35 bits per heavy atom. The van der Waals surface area contributed by atoms with Crippen LogP contribution in [0.2, 0.25) is 0 Å². The van der Waals surface area contributed by atoms with Gasteiger partial charge in [0.2, 0.25) is 0 Å². The molecule has 0 amide bonds. The van der Waals surface area contributed by atoms with Gasteiger partial charge in [-0.05, 0) is 31.4 Å². The zero-order valence-corrected chi connectivity index (χ0v) is 10.8. The van der Waals surface area contributed by atoms with E-state index >= 15 is 0 Å². The van der Waals surface area contributed by atoms with E-state index in [1.807, 2.05) is 30.3 Å². The van der Waals surface area contributed by atoms with Gasteiger partial charge in [-0.2, -0.15) is 0 Å². The van der Waals surface area contributed by atoms with Crippen molar-refractivity contribution in [3.8, 4) is 5.75 Å². The Hall–Kier alpha value is -1.19. The molecule has 3 heteroatoms. The Balaban J connectivity index is 2.38. The third-order valence-corrected chi connectivity index (χ3v) is 3.96. The van der Waals surface area contributed by atoms with E-state index in [0.29, 0.717) is 11.5 Å². The van der Waals surface area contributed by atoms with E-state index < -0.39 is 5.60 Å². The van der Waals surface area contributed by atoms with Crippen LogP contribution in [0.4, 0.5) is 0 Å². The van der Waals surface area contributed by atoms with E-state index in [4.69, 9.17) is 0 Å². The van der Waals surface area contributed by atoms with Crippen LogP contribution >= 0.6 is 11.8 Å². The van der Waals surface area contributed by atoms with Crippen molar-refractivity contribution in [3.63, 3.8) is 0 Å². The van der Waals surface area contributed by atoms with Crippen molar-refractivity contribution in [1.29, 1.82) is 0 Å². The van der Waals surface area contributed by atoms with Crippen molar-refractivity contribution in [2.24, 2.45) is 0 Å². The first-order chi connectivity index (χ1) is 7.97. The number of fused-ring (bicyclic) bond motifs is 1. The summed E-state index contributed by atoms with van der Waals surface area (Å²) < 4.78 is 0. The maximum absolute atomic E-state index is 9.77. The third kappa shape index (κ3) is 2.93. The van der Waals surface area contributed by atoms with Gasteiger partial charge >= 0.3 is 0 Å². The highest BCUT2D eigenvalue weighted by molar-refractivity contribution is 7.99. The number of thioether (sulfide) groups is 1. The van der Waals surface area contributed by atoms with Gasteiger partial charge in [-0.3, -0.25) is 0 Å². The van der Waals surface area contributed by atoms with Gasteiger partial charge in [0.25, 0.3) is 0 Å². The van der Waals surface area contributed by atoms with Crippen molar-refractivity contribution < 1.29 is 10.2 Å². The van der Waals surface area contributed by atoms with E-state index in [0.717, 1.165) is 15.7 Å². The second-order valence-electron chi connectivity index (χ2n) is 4.73. The van der Waals surface area contributed by atoms with Gasteiger partial charge < -0.3 is 10.2 Å². The summed E-state index contributed by atoms with van der Waals surface area (Å²) >= 11 is 1.60. The molecule has 2 rings (SSSR count).